The van der Waals surface area contributed by atoms with Crippen molar-refractivity contribution >= 4 is 14.3 Å². The van der Waals surface area contributed by atoms with Gasteiger partial charge in [0.15, 0.2) is 0 Å². The van der Waals surface area contributed by atoms with Gasteiger partial charge >= 0.3 is 0 Å². The van der Waals surface area contributed by atoms with Gasteiger partial charge in [0.05, 0.1) is 14.3 Å². The molecule has 0 N–H and O–H groups in total. The molecule has 0 aromatic rings. The van der Waals surface area contributed by atoms with Crippen molar-refractivity contribution < 1.29 is 0 Å². The molecule has 0 aromatic carbocycles. The average Bonchev–Trinajstić information content (AvgIpc) is 3.09. The molecule has 110 valence electrons. The minimum Gasteiger partial charge on any atom is -0.0821 e. The van der Waals surface area contributed by atoms with Crippen molar-refractivity contribution in [2.45, 2.75) is 84.3 Å². The number of allylic oxidation sites excluding steroid dienone is 2. The Morgan fingerprint density at radius 2 is 1.90 bits per heavy atom. The van der Waals surface area contributed by atoms with Crippen LogP contribution in [0.2, 0.25) is 11.1 Å². The van der Waals surface area contributed by atoms with E-state index in [1.807, 2.05) is 0 Å². The maximum atomic E-state index is 2.65. The first-order valence-electron chi connectivity index (χ1n) is 9.03. The largest absolute Gasteiger partial charge is 0.0821 e. The molecular formula is C18H32B2. The predicted molar refractivity (Wildman–Crippen MR) is 92.6 cm³/mol. The molecule has 1 aliphatic carbocycles. The van der Waals surface area contributed by atoms with Gasteiger partial charge in [-0.2, -0.15) is 0 Å². The maximum absolute atomic E-state index is 2.65. The molecule has 0 nitrogen and oxygen atoms in total. The van der Waals surface area contributed by atoms with Gasteiger partial charge in [0.25, 0.3) is 0 Å². The molecule has 5 atom stereocenters. The fourth-order valence-electron chi connectivity index (χ4n) is 4.11. The maximum Gasteiger partial charge on any atom is 0.0799 e. The Morgan fingerprint density at radius 1 is 1.15 bits per heavy atom. The van der Waals surface area contributed by atoms with Crippen LogP contribution >= 0.6 is 0 Å². The molecule has 2 aliphatic rings. The summed E-state index contributed by atoms with van der Waals surface area (Å²) < 4.78 is 0. The van der Waals surface area contributed by atoms with Gasteiger partial charge in [-0.15, -0.1) is 0 Å². The zero-order valence-electron chi connectivity index (χ0n) is 14.3. The average molecular weight is 270 g/mol. The molecule has 0 aromatic heterocycles. The number of hydrogen-bond donors (Lipinski definition) is 0. The van der Waals surface area contributed by atoms with Crippen LogP contribution in [-0.2, 0) is 0 Å². The van der Waals surface area contributed by atoms with Crippen LogP contribution in [0.5, 0.6) is 0 Å². The van der Waals surface area contributed by atoms with Crippen LogP contribution < -0.4 is 0 Å². The van der Waals surface area contributed by atoms with Crippen LogP contribution in [0.25, 0.3) is 0 Å². The van der Waals surface area contributed by atoms with Gasteiger partial charge in [0.2, 0.25) is 0 Å². The summed E-state index contributed by atoms with van der Waals surface area (Å²) in [5.41, 5.74) is 1.81. The van der Waals surface area contributed by atoms with Crippen molar-refractivity contribution in [1.29, 1.82) is 0 Å². The van der Waals surface area contributed by atoms with E-state index in [9.17, 15) is 0 Å². The molecule has 1 spiro atoms. The summed E-state index contributed by atoms with van der Waals surface area (Å²) in [5.74, 6) is 3.30. The second kappa shape index (κ2) is 6.75. The van der Waals surface area contributed by atoms with E-state index < -0.39 is 0 Å². The van der Waals surface area contributed by atoms with Crippen LogP contribution in [0.4, 0.5) is 0 Å². The predicted octanol–water partition coefficient (Wildman–Crippen LogP) is 5.50. The molecule has 0 amide bonds. The van der Waals surface area contributed by atoms with E-state index >= 15 is 0 Å². The molecule has 2 unspecified atom stereocenters. The molecule has 2 fully saturated rings. The highest BCUT2D eigenvalue weighted by molar-refractivity contribution is 7.10. The topological polar surface area (TPSA) is 0 Å². The third-order valence-corrected chi connectivity index (χ3v) is 6.02. The van der Waals surface area contributed by atoms with Gasteiger partial charge < -0.3 is 0 Å². The molecule has 2 heteroatoms. The van der Waals surface area contributed by atoms with Gasteiger partial charge in [-0.3, -0.25) is 0 Å². The third-order valence-electron chi connectivity index (χ3n) is 6.02. The summed E-state index contributed by atoms with van der Waals surface area (Å²) in [4.78, 5) is 0. The van der Waals surface area contributed by atoms with Crippen LogP contribution in [0.1, 0.15) is 73.1 Å². The van der Waals surface area contributed by atoms with E-state index in [-0.39, 0.29) is 0 Å². The Hall–Kier alpha value is -0.130. The van der Waals surface area contributed by atoms with Crippen molar-refractivity contribution in [3.63, 3.8) is 0 Å². The molecule has 1 heterocycles. The zero-order chi connectivity index (χ0) is 14.8. The number of unbranched alkanes of at least 4 members (excludes halogenated alkanes) is 1. The van der Waals surface area contributed by atoms with E-state index in [4.69, 9.17) is 0 Å². The molecule has 2 rings (SSSR count). The molecule has 1 aliphatic heterocycles. The molecule has 1 saturated heterocycles. The Labute approximate surface area is 128 Å². The molecular weight excluding hydrogens is 238 g/mol. The standard InChI is InChI=1S/C18H32B2/c1-6-9-11-15-16(12-14(5)13(4)8-3)18(15)17(10-7-2)19-20-18/h12-15,17H,6-11H2,1-5H3/b16-12+/t13?,14?,15-,17-,18+/m0/s1. The summed E-state index contributed by atoms with van der Waals surface area (Å²) in [5, 5.41) is 0.521. The Bertz CT molecular complexity index is 349. The highest BCUT2D eigenvalue weighted by atomic mass is 14.6. The first kappa shape index (κ1) is 16.2. The van der Waals surface area contributed by atoms with E-state index in [1.54, 1.807) is 5.57 Å². The fraction of sp³-hybridized carbons (Fsp3) is 0.889. The summed E-state index contributed by atoms with van der Waals surface area (Å²) >= 11 is 0. The van der Waals surface area contributed by atoms with E-state index in [0.717, 1.165) is 23.6 Å². The minimum atomic E-state index is 0.521. The Kier molecular flexibility index (Phi) is 5.49. The Morgan fingerprint density at radius 3 is 2.40 bits per heavy atom. The minimum absolute atomic E-state index is 0.521. The van der Waals surface area contributed by atoms with Crippen molar-refractivity contribution in [3.8, 4) is 0 Å². The van der Waals surface area contributed by atoms with Crippen LogP contribution in [0, 0.1) is 17.8 Å². The smallest absolute Gasteiger partial charge is 0.0799 e. The Balaban J connectivity index is 2.07. The van der Waals surface area contributed by atoms with Crippen LogP contribution in [-0.4, -0.2) is 14.3 Å². The second-order valence-electron chi connectivity index (χ2n) is 7.25. The normalized spacial score (nSPS) is 36.1. The fourth-order valence-corrected chi connectivity index (χ4v) is 4.11. The molecule has 0 bridgehead atoms. The lowest BCUT2D eigenvalue weighted by molar-refractivity contribution is 0.445. The van der Waals surface area contributed by atoms with Crippen LogP contribution in [0.3, 0.4) is 0 Å². The first-order chi connectivity index (χ1) is 9.61. The molecule has 2 radical (unpaired) electrons. The number of rotatable bonds is 8. The van der Waals surface area contributed by atoms with E-state index in [2.05, 4.69) is 55.0 Å². The lowest BCUT2D eigenvalue weighted by atomic mass is 9.11. The number of hydrogen-bond acceptors (Lipinski definition) is 0. The van der Waals surface area contributed by atoms with Gasteiger partial charge in [-0.1, -0.05) is 84.2 Å². The quantitative estimate of drug-likeness (QED) is 0.403. The van der Waals surface area contributed by atoms with Crippen molar-refractivity contribution in [1.82, 2.24) is 0 Å². The van der Waals surface area contributed by atoms with Crippen molar-refractivity contribution in [3.05, 3.63) is 11.6 Å². The first-order valence-corrected chi connectivity index (χ1v) is 9.03. The summed E-state index contributed by atoms with van der Waals surface area (Å²) in [7, 11) is 5.03. The monoisotopic (exact) mass is 270 g/mol. The summed E-state index contributed by atoms with van der Waals surface area (Å²) in [6.07, 6.45) is 10.8. The summed E-state index contributed by atoms with van der Waals surface area (Å²) in [6.45, 7) is 11.8. The van der Waals surface area contributed by atoms with Crippen molar-refractivity contribution in [2.24, 2.45) is 17.8 Å². The second-order valence-corrected chi connectivity index (χ2v) is 7.25. The lowest BCUT2D eigenvalue weighted by Crippen LogP contribution is -2.37. The summed E-state index contributed by atoms with van der Waals surface area (Å²) in [6, 6.07) is 0. The molecule has 20 heavy (non-hydrogen) atoms. The molecule has 1 saturated carbocycles. The van der Waals surface area contributed by atoms with Gasteiger partial charge in [-0.25, -0.2) is 0 Å². The highest BCUT2D eigenvalue weighted by Crippen LogP contribution is 2.78. The van der Waals surface area contributed by atoms with Crippen molar-refractivity contribution in [2.75, 3.05) is 0 Å². The third kappa shape index (κ3) is 2.77. The lowest BCUT2D eigenvalue weighted by Gasteiger charge is -2.38. The highest BCUT2D eigenvalue weighted by Gasteiger charge is 2.66. The van der Waals surface area contributed by atoms with E-state index in [0.29, 0.717) is 5.31 Å². The van der Waals surface area contributed by atoms with Gasteiger partial charge in [0, 0.05) is 0 Å². The SMILES string of the molecule is CCCC[C@H]1/C(=C\C(C)C(C)CC)[C@]12[B][B][C@H]2CCC. The van der Waals surface area contributed by atoms with Gasteiger partial charge in [-0.05, 0) is 29.5 Å². The zero-order valence-corrected chi connectivity index (χ0v) is 14.3. The van der Waals surface area contributed by atoms with Gasteiger partial charge in [0.1, 0.15) is 0 Å². The van der Waals surface area contributed by atoms with E-state index in [1.165, 1.54) is 38.5 Å². The van der Waals surface area contributed by atoms with Crippen LogP contribution in [0.15, 0.2) is 11.6 Å².